The van der Waals surface area contributed by atoms with Gasteiger partial charge in [-0.3, -0.25) is 0 Å². The Morgan fingerprint density at radius 1 is 1.20 bits per heavy atom. The zero-order valence-electron chi connectivity index (χ0n) is 12.8. The Morgan fingerprint density at radius 2 is 1.80 bits per heavy atom. The summed E-state index contributed by atoms with van der Waals surface area (Å²) >= 11 is 0. The van der Waals surface area contributed by atoms with E-state index in [0.717, 1.165) is 16.7 Å². The Bertz CT molecular complexity index is 617. The molecule has 104 valence electrons. The van der Waals surface area contributed by atoms with Gasteiger partial charge < -0.3 is 4.98 Å². The van der Waals surface area contributed by atoms with Gasteiger partial charge >= 0.3 is 0 Å². The van der Waals surface area contributed by atoms with Gasteiger partial charge in [0.1, 0.15) is 11.7 Å². The fourth-order valence-corrected chi connectivity index (χ4v) is 2.56. The van der Waals surface area contributed by atoms with Crippen molar-refractivity contribution in [3.05, 3.63) is 52.6 Å². The average molecular weight is 267 g/mol. The molecule has 0 bridgehead atoms. The van der Waals surface area contributed by atoms with E-state index in [1.54, 1.807) is 12.4 Å². The lowest BCUT2D eigenvalue weighted by Crippen LogP contribution is -2.14. The smallest absolute Gasteiger partial charge is 0.129 e. The summed E-state index contributed by atoms with van der Waals surface area (Å²) in [6, 6.07) is 6.75. The Balaban J connectivity index is 2.56. The van der Waals surface area contributed by atoms with Gasteiger partial charge in [-0.05, 0) is 41.5 Å². The molecule has 1 aromatic heterocycles. The molecule has 3 heteroatoms. The predicted molar refractivity (Wildman–Crippen MR) is 80.7 cm³/mol. The maximum Gasteiger partial charge on any atom is 0.129 e. The molecule has 2 rings (SSSR count). The van der Waals surface area contributed by atoms with Gasteiger partial charge in [0.15, 0.2) is 0 Å². The second-order valence-corrected chi connectivity index (χ2v) is 6.31. The average Bonchev–Trinajstić information content (AvgIpc) is 2.85. The highest BCUT2D eigenvalue weighted by atomic mass is 14.9. The first-order chi connectivity index (χ1) is 9.34. The fourth-order valence-electron chi connectivity index (χ4n) is 2.56. The molecule has 0 spiro atoms. The van der Waals surface area contributed by atoms with Gasteiger partial charge in [0, 0.05) is 12.4 Å². The lowest BCUT2D eigenvalue weighted by atomic mass is 9.81. The number of rotatable bonds is 2. The maximum absolute atomic E-state index is 9.52. The standard InChI is InChI=1S/C17H21N3/c1-11-8-13(17(3,4)5)9-12(2)15(11)14(10-18)16-19-6-7-20-16/h6-9,14H,1-5H3,(H,19,20). The third-order valence-electron chi connectivity index (χ3n) is 3.67. The van der Waals surface area contributed by atoms with Crippen molar-refractivity contribution in [2.45, 2.75) is 46.0 Å². The van der Waals surface area contributed by atoms with Crippen molar-refractivity contribution in [3.8, 4) is 6.07 Å². The topological polar surface area (TPSA) is 52.5 Å². The fraction of sp³-hybridized carbons (Fsp3) is 0.412. The van der Waals surface area contributed by atoms with Gasteiger partial charge in [0.25, 0.3) is 0 Å². The molecule has 0 radical (unpaired) electrons. The summed E-state index contributed by atoms with van der Waals surface area (Å²) in [6.07, 6.45) is 3.45. The van der Waals surface area contributed by atoms with Gasteiger partial charge in [-0.15, -0.1) is 0 Å². The van der Waals surface area contributed by atoms with Crippen molar-refractivity contribution in [3.63, 3.8) is 0 Å². The van der Waals surface area contributed by atoms with Crippen molar-refractivity contribution in [1.29, 1.82) is 5.26 Å². The van der Waals surface area contributed by atoms with Gasteiger partial charge in [-0.25, -0.2) is 4.98 Å². The number of nitrogens with zero attached hydrogens (tertiary/aromatic N) is 2. The normalized spacial score (nSPS) is 13.0. The summed E-state index contributed by atoms with van der Waals surface area (Å²) in [4.78, 5) is 7.29. The van der Waals surface area contributed by atoms with E-state index in [4.69, 9.17) is 0 Å². The van der Waals surface area contributed by atoms with Crippen molar-refractivity contribution in [2.75, 3.05) is 0 Å². The number of nitrogens with one attached hydrogen (secondary N) is 1. The minimum Gasteiger partial charge on any atom is -0.347 e. The van der Waals surface area contributed by atoms with Gasteiger partial charge in [0.2, 0.25) is 0 Å². The number of benzene rings is 1. The van der Waals surface area contributed by atoms with Crippen LogP contribution in [0.25, 0.3) is 0 Å². The molecule has 0 saturated carbocycles. The minimum absolute atomic E-state index is 0.112. The number of aromatic nitrogens is 2. The summed E-state index contributed by atoms with van der Waals surface area (Å²) in [5, 5.41) is 9.52. The van der Waals surface area contributed by atoms with Crippen LogP contribution < -0.4 is 0 Å². The highest BCUT2D eigenvalue weighted by Crippen LogP contribution is 2.32. The van der Waals surface area contributed by atoms with Crippen LogP contribution >= 0.6 is 0 Å². The Kier molecular flexibility index (Phi) is 3.67. The van der Waals surface area contributed by atoms with Crippen LogP contribution in [0, 0.1) is 25.2 Å². The van der Waals surface area contributed by atoms with E-state index < -0.39 is 0 Å². The Hall–Kier alpha value is -2.08. The van der Waals surface area contributed by atoms with Crippen LogP contribution in [-0.4, -0.2) is 9.97 Å². The van der Waals surface area contributed by atoms with Crippen molar-refractivity contribution < 1.29 is 0 Å². The number of aryl methyl sites for hydroxylation is 2. The van der Waals surface area contributed by atoms with Crippen LogP contribution in [-0.2, 0) is 5.41 Å². The van der Waals surface area contributed by atoms with Gasteiger partial charge in [0.05, 0.1) is 6.07 Å². The molecule has 1 heterocycles. The van der Waals surface area contributed by atoms with Crippen LogP contribution in [0.3, 0.4) is 0 Å². The van der Waals surface area contributed by atoms with E-state index >= 15 is 0 Å². The van der Waals surface area contributed by atoms with Crippen molar-refractivity contribution in [1.82, 2.24) is 9.97 Å². The first-order valence-electron chi connectivity index (χ1n) is 6.85. The van der Waals surface area contributed by atoms with Gasteiger partial charge in [-0.1, -0.05) is 32.9 Å². The Labute approximate surface area is 120 Å². The number of hydrogen-bond donors (Lipinski definition) is 1. The number of aromatic amines is 1. The molecule has 2 aromatic rings. The van der Waals surface area contributed by atoms with Crippen LogP contribution in [0.5, 0.6) is 0 Å². The maximum atomic E-state index is 9.52. The molecule has 0 amide bonds. The van der Waals surface area contributed by atoms with Crippen LogP contribution in [0.15, 0.2) is 24.5 Å². The number of hydrogen-bond acceptors (Lipinski definition) is 2. The summed E-state index contributed by atoms with van der Waals surface area (Å²) < 4.78 is 0. The molecule has 0 aliphatic heterocycles. The first-order valence-corrected chi connectivity index (χ1v) is 6.85. The van der Waals surface area contributed by atoms with E-state index in [0.29, 0.717) is 5.82 Å². The number of H-pyrrole nitrogens is 1. The monoisotopic (exact) mass is 267 g/mol. The summed E-state index contributed by atoms with van der Waals surface area (Å²) in [6.45, 7) is 10.8. The van der Waals surface area contributed by atoms with E-state index in [-0.39, 0.29) is 11.3 Å². The molecule has 0 aliphatic carbocycles. The third-order valence-corrected chi connectivity index (χ3v) is 3.67. The van der Waals surface area contributed by atoms with Crippen molar-refractivity contribution in [2.24, 2.45) is 0 Å². The molecule has 1 aromatic carbocycles. The molecular weight excluding hydrogens is 246 g/mol. The predicted octanol–water partition coefficient (Wildman–Crippen LogP) is 3.98. The van der Waals surface area contributed by atoms with E-state index in [2.05, 4.69) is 62.8 Å². The SMILES string of the molecule is Cc1cc(C(C)(C)C)cc(C)c1C(C#N)c1ncc[nH]1. The molecule has 1 N–H and O–H groups in total. The molecule has 1 atom stereocenters. The van der Waals surface area contributed by atoms with Gasteiger partial charge in [-0.2, -0.15) is 5.26 Å². The molecular formula is C17H21N3. The van der Waals surface area contributed by atoms with E-state index in [1.807, 2.05) is 0 Å². The summed E-state index contributed by atoms with van der Waals surface area (Å²) in [5.41, 5.74) is 4.78. The van der Waals surface area contributed by atoms with Crippen molar-refractivity contribution >= 4 is 0 Å². The first kappa shape index (κ1) is 14.3. The minimum atomic E-state index is -0.334. The summed E-state index contributed by atoms with van der Waals surface area (Å²) in [7, 11) is 0. The molecule has 20 heavy (non-hydrogen) atoms. The lowest BCUT2D eigenvalue weighted by Gasteiger charge is -2.23. The zero-order chi connectivity index (χ0) is 14.9. The molecule has 0 aliphatic rings. The molecule has 3 nitrogen and oxygen atoms in total. The second kappa shape index (κ2) is 5.13. The van der Waals surface area contributed by atoms with Crippen LogP contribution in [0.2, 0.25) is 0 Å². The molecule has 1 unspecified atom stereocenters. The molecule has 0 fully saturated rings. The van der Waals surface area contributed by atoms with Crippen LogP contribution in [0.4, 0.5) is 0 Å². The highest BCUT2D eigenvalue weighted by molar-refractivity contribution is 5.47. The largest absolute Gasteiger partial charge is 0.347 e. The zero-order valence-corrected chi connectivity index (χ0v) is 12.8. The quantitative estimate of drug-likeness (QED) is 0.894. The summed E-state index contributed by atoms with van der Waals surface area (Å²) in [5.74, 6) is 0.376. The van der Waals surface area contributed by atoms with E-state index in [9.17, 15) is 5.26 Å². The van der Waals surface area contributed by atoms with Crippen LogP contribution in [0.1, 0.15) is 54.8 Å². The number of nitriles is 1. The molecule has 0 saturated heterocycles. The Morgan fingerprint density at radius 3 is 2.20 bits per heavy atom. The lowest BCUT2D eigenvalue weighted by molar-refractivity contribution is 0.588. The van der Waals surface area contributed by atoms with E-state index in [1.165, 1.54) is 5.56 Å². The number of imidazole rings is 1. The third kappa shape index (κ3) is 2.60. The highest BCUT2D eigenvalue weighted by Gasteiger charge is 2.23. The second-order valence-electron chi connectivity index (χ2n) is 6.31.